The van der Waals surface area contributed by atoms with Crippen LogP contribution in [0.1, 0.15) is 26.3 Å². The predicted octanol–water partition coefficient (Wildman–Crippen LogP) is 1.81. The smallest absolute Gasteiger partial charge is 0.221 e. The van der Waals surface area contributed by atoms with Crippen molar-refractivity contribution in [2.45, 2.75) is 26.2 Å². The summed E-state index contributed by atoms with van der Waals surface area (Å²) >= 11 is 0. The van der Waals surface area contributed by atoms with Crippen molar-refractivity contribution in [3.8, 4) is 0 Å². The van der Waals surface area contributed by atoms with Gasteiger partial charge in [-0.25, -0.2) is 5.90 Å². The number of carbonyl (C=O) groups excluding carboxylic acids is 1. The van der Waals surface area contributed by atoms with E-state index in [2.05, 4.69) is 10.2 Å². The van der Waals surface area contributed by atoms with Gasteiger partial charge in [-0.3, -0.25) is 4.79 Å². The summed E-state index contributed by atoms with van der Waals surface area (Å²) in [5.74, 6) is 5.02. The molecule has 4 heteroatoms. The van der Waals surface area contributed by atoms with Gasteiger partial charge in [0.05, 0.1) is 6.61 Å². The van der Waals surface area contributed by atoms with Crippen LogP contribution in [0.2, 0.25) is 0 Å². The molecule has 0 radical (unpaired) electrons. The number of carbonyl (C=O) groups is 1. The number of anilines is 1. The first-order valence-corrected chi connectivity index (χ1v) is 5.15. The monoisotopic (exact) mass is 222 g/mol. The summed E-state index contributed by atoms with van der Waals surface area (Å²) in [5.41, 5.74) is 1.77. The fourth-order valence-corrected chi connectivity index (χ4v) is 1.50. The van der Waals surface area contributed by atoms with Crippen LogP contribution in [0.4, 0.5) is 5.69 Å². The van der Waals surface area contributed by atoms with Crippen LogP contribution >= 0.6 is 0 Å². The Bertz CT molecular complexity index is 358. The average Bonchev–Trinajstić information content (AvgIpc) is 2.17. The number of hydrogen-bond donors (Lipinski definition) is 2. The molecule has 4 nitrogen and oxygen atoms in total. The Kier molecular flexibility index (Phi) is 4.04. The van der Waals surface area contributed by atoms with Gasteiger partial charge >= 0.3 is 0 Å². The molecule has 0 aromatic heterocycles. The lowest BCUT2D eigenvalue weighted by molar-refractivity contribution is -0.114. The van der Waals surface area contributed by atoms with Gasteiger partial charge in [0.25, 0.3) is 0 Å². The summed E-state index contributed by atoms with van der Waals surface area (Å²) in [6.07, 6.45) is 0. The van der Waals surface area contributed by atoms with Crippen molar-refractivity contribution in [3.05, 3.63) is 29.8 Å². The number of rotatable bonds is 4. The number of benzene rings is 1. The quantitative estimate of drug-likeness (QED) is 0.764. The molecule has 0 saturated carbocycles. The van der Waals surface area contributed by atoms with E-state index < -0.39 is 0 Å². The standard InChI is InChI=1S/C12H18N2O2/c1-9(15)14-11-6-4-10(5-7-11)12(2,3)8-16-13/h4-7H,8,13H2,1-3H3,(H,14,15). The Morgan fingerprint density at radius 2 is 1.94 bits per heavy atom. The van der Waals surface area contributed by atoms with E-state index in [1.807, 2.05) is 38.1 Å². The Labute approximate surface area is 95.7 Å². The van der Waals surface area contributed by atoms with E-state index in [1.54, 1.807) is 0 Å². The van der Waals surface area contributed by atoms with Crippen LogP contribution in [0.15, 0.2) is 24.3 Å². The van der Waals surface area contributed by atoms with E-state index >= 15 is 0 Å². The van der Waals surface area contributed by atoms with Crippen LogP contribution in [-0.2, 0) is 15.0 Å². The highest BCUT2D eigenvalue weighted by Crippen LogP contribution is 2.24. The zero-order valence-corrected chi connectivity index (χ0v) is 9.91. The SMILES string of the molecule is CC(=O)Nc1ccc(C(C)(C)CON)cc1. The molecule has 16 heavy (non-hydrogen) atoms. The van der Waals surface area contributed by atoms with Crippen molar-refractivity contribution in [3.63, 3.8) is 0 Å². The van der Waals surface area contributed by atoms with E-state index in [-0.39, 0.29) is 11.3 Å². The molecule has 0 fully saturated rings. The molecule has 1 aromatic rings. The third kappa shape index (κ3) is 3.32. The minimum absolute atomic E-state index is 0.0719. The Balaban J connectivity index is 2.81. The maximum Gasteiger partial charge on any atom is 0.221 e. The molecule has 1 rings (SSSR count). The van der Waals surface area contributed by atoms with Gasteiger partial charge in [-0.15, -0.1) is 0 Å². The largest absolute Gasteiger partial charge is 0.326 e. The topological polar surface area (TPSA) is 64.3 Å². The third-order valence-corrected chi connectivity index (χ3v) is 2.43. The van der Waals surface area contributed by atoms with Gasteiger partial charge in [0.1, 0.15) is 0 Å². The molecular weight excluding hydrogens is 204 g/mol. The van der Waals surface area contributed by atoms with Gasteiger partial charge in [-0.2, -0.15) is 0 Å². The summed E-state index contributed by atoms with van der Waals surface area (Å²) in [5, 5.41) is 2.72. The highest BCUT2D eigenvalue weighted by atomic mass is 16.6. The van der Waals surface area contributed by atoms with Crippen molar-refractivity contribution >= 4 is 11.6 Å². The fraction of sp³-hybridized carbons (Fsp3) is 0.417. The van der Waals surface area contributed by atoms with Gasteiger partial charge in [-0.05, 0) is 17.7 Å². The minimum Gasteiger partial charge on any atom is -0.326 e. The van der Waals surface area contributed by atoms with Gasteiger partial charge < -0.3 is 10.2 Å². The van der Waals surface area contributed by atoms with Crippen molar-refractivity contribution < 1.29 is 9.63 Å². The second-order valence-corrected chi connectivity index (χ2v) is 4.45. The number of nitrogens with one attached hydrogen (secondary N) is 1. The molecule has 0 atom stereocenters. The molecule has 0 aliphatic carbocycles. The number of amides is 1. The van der Waals surface area contributed by atoms with Crippen LogP contribution in [0.3, 0.4) is 0 Å². The summed E-state index contributed by atoms with van der Waals surface area (Å²) in [4.78, 5) is 15.5. The van der Waals surface area contributed by atoms with Crippen LogP contribution in [0.5, 0.6) is 0 Å². The van der Waals surface area contributed by atoms with E-state index in [0.717, 1.165) is 11.3 Å². The van der Waals surface area contributed by atoms with Crippen LogP contribution < -0.4 is 11.2 Å². The highest BCUT2D eigenvalue weighted by Gasteiger charge is 2.20. The van der Waals surface area contributed by atoms with Crippen molar-refractivity contribution in [2.24, 2.45) is 5.90 Å². The Morgan fingerprint density at radius 3 is 2.38 bits per heavy atom. The first kappa shape index (κ1) is 12.7. The summed E-state index contributed by atoms with van der Waals surface area (Å²) in [6, 6.07) is 7.67. The number of hydrogen-bond acceptors (Lipinski definition) is 3. The Morgan fingerprint density at radius 1 is 1.38 bits per heavy atom. The van der Waals surface area contributed by atoms with E-state index in [9.17, 15) is 4.79 Å². The molecule has 0 unspecified atom stereocenters. The normalized spacial score (nSPS) is 11.2. The van der Waals surface area contributed by atoms with Crippen molar-refractivity contribution in [2.75, 3.05) is 11.9 Å². The second-order valence-electron chi connectivity index (χ2n) is 4.45. The number of nitrogens with two attached hydrogens (primary N) is 1. The molecule has 0 saturated heterocycles. The summed E-state index contributed by atoms with van der Waals surface area (Å²) in [7, 11) is 0. The summed E-state index contributed by atoms with van der Waals surface area (Å²) in [6.45, 7) is 6.03. The molecule has 1 aromatic carbocycles. The zero-order chi connectivity index (χ0) is 12.2. The zero-order valence-electron chi connectivity index (χ0n) is 9.91. The van der Waals surface area contributed by atoms with Crippen molar-refractivity contribution in [1.82, 2.24) is 0 Å². The molecule has 1 amide bonds. The lowest BCUT2D eigenvalue weighted by Crippen LogP contribution is -2.26. The van der Waals surface area contributed by atoms with E-state index in [4.69, 9.17) is 5.90 Å². The van der Waals surface area contributed by atoms with Crippen LogP contribution in [0.25, 0.3) is 0 Å². The lowest BCUT2D eigenvalue weighted by atomic mass is 9.85. The van der Waals surface area contributed by atoms with Gasteiger partial charge in [-0.1, -0.05) is 26.0 Å². The molecular formula is C12H18N2O2. The molecule has 0 aliphatic rings. The molecule has 0 aliphatic heterocycles. The van der Waals surface area contributed by atoms with Crippen molar-refractivity contribution in [1.29, 1.82) is 0 Å². The fourth-order valence-electron chi connectivity index (χ4n) is 1.50. The first-order valence-electron chi connectivity index (χ1n) is 5.15. The second kappa shape index (κ2) is 5.09. The van der Waals surface area contributed by atoms with Gasteiger partial charge in [0.15, 0.2) is 0 Å². The lowest BCUT2D eigenvalue weighted by Gasteiger charge is -2.23. The maximum atomic E-state index is 10.8. The molecule has 88 valence electrons. The maximum absolute atomic E-state index is 10.8. The molecule has 0 heterocycles. The van der Waals surface area contributed by atoms with Crippen LogP contribution in [-0.4, -0.2) is 12.5 Å². The van der Waals surface area contributed by atoms with Gasteiger partial charge in [0.2, 0.25) is 5.91 Å². The third-order valence-electron chi connectivity index (χ3n) is 2.43. The molecule has 3 N–H and O–H groups in total. The average molecular weight is 222 g/mol. The van der Waals surface area contributed by atoms with Crippen LogP contribution in [0, 0.1) is 0 Å². The van der Waals surface area contributed by atoms with E-state index in [0.29, 0.717) is 6.61 Å². The van der Waals surface area contributed by atoms with E-state index in [1.165, 1.54) is 6.92 Å². The van der Waals surface area contributed by atoms with Gasteiger partial charge in [0, 0.05) is 18.0 Å². The minimum atomic E-state index is -0.135. The first-order chi connectivity index (χ1) is 7.45. The molecule has 0 bridgehead atoms. The highest BCUT2D eigenvalue weighted by molar-refractivity contribution is 5.88. The summed E-state index contributed by atoms with van der Waals surface area (Å²) < 4.78 is 0. The molecule has 0 spiro atoms. The predicted molar refractivity (Wildman–Crippen MR) is 63.9 cm³/mol. The Hall–Kier alpha value is -1.39.